The van der Waals surface area contributed by atoms with Crippen molar-refractivity contribution in [1.82, 2.24) is 0 Å². The van der Waals surface area contributed by atoms with E-state index in [-0.39, 0.29) is 40.2 Å². The summed E-state index contributed by atoms with van der Waals surface area (Å²) in [6.07, 6.45) is 1.70. The van der Waals surface area contributed by atoms with Crippen LogP contribution in [0.25, 0.3) is 0 Å². The number of carbonyl (C=O) groups is 1. The minimum atomic E-state index is -0.657. The van der Waals surface area contributed by atoms with Gasteiger partial charge in [-0.3, -0.25) is 10.1 Å². The van der Waals surface area contributed by atoms with Gasteiger partial charge in [0.25, 0.3) is 5.69 Å². The minimum absolute atomic E-state index is 0.00760. The van der Waals surface area contributed by atoms with E-state index in [0.29, 0.717) is 0 Å². The molecule has 2 N–H and O–H groups in total. The Bertz CT molecular complexity index is 699. The molecule has 0 bridgehead atoms. The first-order valence-corrected chi connectivity index (χ1v) is 7.46. The van der Waals surface area contributed by atoms with Crippen molar-refractivity contribution in [2.45, 2.75) is 6.92 Å². The van der Waals surface area contributed by atoms with Gasteiger partial charge < -0.3 is 15.2 Å². The highest BCUT2D eigenvalue weighted by molar-refractivity contribution is 8.14. The van der Waals surface area contributed by atoms with Gasteiger partial charge in [0.15, 0.2) is 11.3 Å². The second-order valence-corrected chi connectivity index (χ2v) is 4.89. The average Bonchev–Trinajstić information content (AvgIpc) is 2.61. The van der Waals surface area contributed by atoms with Gasteiger partial charge in [-0.05, 0) is 19.2 Å². The van der Waals surface area contributed by atoms with Crippen molar-refractivity contribution < 1.29 is 19.2 Å². The zero-order valence-corrected chi connectivity index (χ0v) is 12.7. The maximum Gasteiger partial charge on any atom is 0.346 e. The smallest absolute Gasteiger partial charge is 0.346 e. The van der Waals surface area contributed by atoms with Crippen molar-refractivity contribution in [2.75, 3.05) is 12.9 Å². The van der Waals surface area contributed by atoms with Crippen LogP contribution in [0.2, 0.25) is 0 Å². The molecular formula is C13H13N3O5S. The summed E-state index contributed by atoms with van der Waals surface area (Å²) in [6.45, 7) is 1.84. The zero-order chi connectivity index (χ0) is 16.3. The van der Waals surface area contributed by atoms with Crippen LogP contribution in [-0.4, -0.2) is 28.8 Å². The van der Waals surface area contributed by atoms with Crippen LogP contribution < -0.4 is 10.5 Å². The Morgan fingerprint density at radius 2 is 2.27 bits per heavy atom. The molecule has 0 aromatic heterocycles. The lowest BCUT2D eigenvalue weighted by Gasteiger charge is -2.09. The lowest BCUT2D eigenvalue weighted by molar-refractivity contribution is -0.384. The van der Waals surface area contributed by atoms with E-state index in [0.717, 1.165) is 11.8 Å². The number of nitro groups is 1. The van der Waals surface area contributed by atoms with E-state index in [2.05, 4.69) is 4.99 Å². The van der Waals surface area contributed by atoms with Crippen molar-refractivity contribution in [3.8, 4) is 5.75 Å². The number of rotatable bonds is 3. The number of fused-ring (bicyclic) bond motifs is 1. The number of esters is 1. The number of carbonyl (C=O) groups excluding carboxylic acids is 1. The predicted molar refractivity (Wildman–Crippen MR) is 82.2 cm³/mol. The van der Waals surface area contributed by atoms with Crippen LogP contribution in [0.5, 0.6) is 5.75 Å². The third-order valence-corrected chi connectivity index (χ3v) is 3.41. The minimum Gasteiger partial charge on any atom is -0.462 e. The molecule has 1 aliphatic rings. The summed E-state index contributed by atoms with van der Waals surface area (Å²) in [5, 5.41) is 11.1. The molecule has 0 saturated carbocycles. The average molecular weight is 323 g/mol. The van der Waals surface area contributed by atoms with Crippen LogP contribution in [0, 0.1) is 10.1 Å². The highest BCUT2D eigenvalue weighted by atomic mass is 32.2. The number of ether oxygens (including phenoxy) is 2. The van der Waals surface area contributed by atoms with Gasteiger partial charge >= 0.3 is 5.97 Å². The molecule has 1 heterocycles. The Balaban J connectivity index is 2.55. The van der Waals surface area contributed by atoms with E-state index in [1.807, 2.05) is 0 Å². The fraction of sp³-hybridized carbons (Fsp3) is 0.231. The summed E-state index contributed by atoms with van der Waals surface area (Å²) in [4.78, 5) is 26.6. The van der Waals surface area contributed by atoms with Crippen LogP contribution in [0.3, 0.4) is 0 Å². The lowest BCUT2D eigenvalue weighted by Crippen LogP contribution is -2.21. The van der Waals surface area contributed by atoms with E-state index < -0.39 is 10.9 Å². The van der Waals surface area contributed by atoms with E-state index in [4.69, 9.17) is 15.2 Å². The number of nitrogens with two attached hydrogens (primary N) is 1. The first-order valence-electron chi connectivity index (χ1n) is 6.24. The van der Waals surface area contributed by atoms with E-state index in [1.54, 1.807) is 13.2 Å². The molecule has 0 amide bonds. The Hall–Kier alpha value is -2.55. The van der Waals surface area contributed by atoms with Crippen molar-refractivity contribution in [1.29, 1.82) is 0 Å². The number of benzene rings is 1. The highest BCUT2D eigenvalue weighted by Crippen LogP contribution is 2.36. The SMILES string of the molecule is CCOC(=O)C1=C(N)Oc2ccc([N+](=O)[O-])cc2N=C1SC. The molecule has 0 spiro atoms. The molecule has 0 radical (unpaired) electrons. The number of non-ortho nitro benzene ring substituents is 1. The molecule has 9 heteroatoms. The molecule has 1 aromatic rings. The van der Waals surface area contributed by atoms with Gasteiger partial charge in [0.1, 0.15) is 10.7 Å². The molecule has 0 atom stereocenters. The maximum absolute atomic E-state index is 12.0. The maximum atomic E-state index is 12.0. The Kier molecular flexibility index (Phi) is 4.66. The van der Waals surface area contributed by atoms with Gasteiger partial charge in [0, 0.05) is 12.1 Å². The quantitative estimate of drug-likeness (QED) is 0.514. The van der Waals surface area contributed by atoms with Gasteiger partial charge in [0.05, 0.1) is 11.5 Å². The molecule has 0 saturated heterocycles. The van der Waals surface area contributed by atoms with Crippen molar-refractivity contribution in [3.63, 3.8) is 0 Å². The van der Waals surface area contributed by atoms with Crippen LogP contribution in [0.1, 0.15) is 6.92 Å². The van der Waals surface area contributed by atoms with Crippen molar-refractivity contribution in [2.24, 2.45) is 10.7 Å². The first kappa shape index (κ1) is 15.8. The highest BCUT2D eigenvalue weighted by Gasteiger charge is 2.27. The molecular weight excluding hydrogens is 310 g/mol. The Morgan fingerprint density at radius 3 is 2.86 bits per heavy atom. The Labute approximate surface area is 130 Å². The molecule has 0 aliphatic carbocycles. The third-order valence-electron chi connectivity index (χ3n) is 2.73. The largest absolute Gasteiger partial charge is 0.462 e. The second-order valence-electron chi connectivity index (χ2n) is 4.09. The van der Waals surface area contributed by atoms with Gasteiger partial charge in [-0.1, -0.05) is 0 Å². The number of nitro benzene ring substituents is 1. The number of thioether (sulfide) groups is 1. The molecule has 1 aromatic carbocycles. The number of aliphatic imine (C=N–C) groups is 1. The van der Waals surface area contributed by atoms with E-state index >= 15 is 0 Å². The fourth-order valence-electron chi connectivity index (χ4n) is 1.77. The van der Waals surface area contributed by atoms with Gasteiger partial charge in [-0.2, -0.15) is 0 Å². The van der Waals surface area contributed by atoms with Gasteiger partial charge in [-0.15, -0.1) is 11.8 Å². The molecule has 1 aliphatic heterocycles. The molecule has 116 valence electrons. The fourth-order valence-corrected chi connectivity index (χ4v) is 2.35. The summed E-state index contributed by atoms with van der Waals surface area (Å²) >= 11 is 1.16. The Morgan fingerprint density at radius 1 is 1.55 bits per heavy atom. The van der Waals surface area contributed by atoms with Crippen LogP contribution >= 0.6 is 11.8 Å². The summed E-state index contributed by atoms with van der Waals surface area (Å²) < 4.78 is 10.4. The number of hydrogen-bond donors (Lipinski definition) is 1. The molecule has 0 unspecified atom stereocenters. The van der Waals surface area contributed by atoms with Crippen LogP contribution in [-0.2, 0) is 9.53 Å². The summed E-state index contributed by atoms with van der Waals surface area (Å²) in [5.74, 6) is -0.580. The monoisotopic (exact) mass is 323 g/mol. The second kappa shape index (κ2) is 6.48. The standard InChI is InChI=1S/C13H13N3O5S/c1-3-20-13(17)10-11(14)21-9-5-4-7(16(18)19)6-8(9)15-12(10)22-2/h4-6H,3,14H2,1-2H3. The van der Waals surface area contributed by atoms with Crippen molar-refractivity contribution in [3.05, 3.63) is 39.8 Å². The summed E-state index contributed by atoms with van der Waals surface area (Å²) in [6, 6.07) is 3.92. The van der Waals surface area contributed by atoms with Crippen LogP contribution in [0.4, 0.5) is 11.4 Å². The van der Waals surface area contributed by atoms with Crippen molar-refractivity contribution >= 4 is 34.1 Å². The van der Waals surface area contributed by atoms with E-state index in [1.165, 1.54) is 18.2 Å². The lowest BCUT2D eigenvalue weighted by atomic mass is 10.2. The molecule has 22 heavy (non-hydrogen) atoms. The summed E-state index contributed by atoms with van der Waals surface area (Å²) in [7, 11) is 0. The predicted octanol–water partition coefficient (Wildman–Crippen LogP) is 2.11. The van der Waals surface area contributed by atoms with E-state index in [9.17, 15) is 14.9 Å². The topological polar surface area (TPSA) is 117 Å². The molecule has 0 fully saturated rings. The van der Waals surface area contributed by atoms with Crippen LogP contribution in [0.15, 0.2) is 34.6 Å². The third kappa shape index (κ3) is 3.03. The number of nitrogens with zero attached hydrogens (tertiary/aromatic N) is 2. The number of hydrogen-bond acceptors (Lipinski definition) is 8. The van der Waals surface area contributed by atoms with Gasteiger partial charge in [0.2, 0.25) is 5.88 Å². The summed E-state index contributed by atoms with van der Waals surface area (Å²) in [5.41, 5.74) is 5.91. The molecule has 2 rings (SSSR count). The normalized spacial score (nSPS) is 13.6. The first-order chi connectivity index (χ1) is 10.5. The zero-order valence-electron chi connectivity index (χ0n) is 11.9. The van der Waals surface area contributed by atoms with Gasteiger partial charge in [-0.25, -0.2) is 9.79 Å². The molecule has 8 nitrogen and oxygen atoms in total.